The molecule has 0 fully saturated rings. The van der Waals surface area contributed by atoms with Gasteiger partial charge in [0.25, 0.3) is 0 Å². The summed E-state index contributed by atoms with van der Waals surface area (Å²) in [7, 11) is 0. The van der Waals surface area contributed by atoms with E-state index in [1.807, 2.05) is 138 Å². The van der Waals surface area contributed by atoms with Crippen LogP contribution in [0.25, 0.3) is 16.7 Å². The summed E-state index contributed by atoms with van der Waals surface area (Å²) in [6.45, 7) is 6.38. The molecular formula is C35H32N6Pt. The molecule has 3 aromatic heterocycles. The van der Waals surface area contributed by atoms with E-state index in [2.05, 4.69) is 41.3 Å². The third-order valence-corrected chi connectivity index (χ3v) is 6.20. The van der Waals surface area contributed by atoms with Gasteiger partial charge >= 0.3 is 21.1 Å². The van der Waals surface area contributed by atoms with Crippen LogP contribution in [0.1, 0.15) is 26.5 Å². The van der Waals surface area contributed by atoms with Gasteiger partial charge in [0.15, 0.2) is 0 Å². The zero-order valence-corrected chi connectivity index (χ0v) is 26.1. The van der Waals surface area contributed by atoms with Crippen LogP contribution in [0, 0.1) is 0 Å². The molecule has 0 N–H and O–H groups in total. The van der Waals surface area contributed by atoms with Crippen LogP contribution in [-0.2, 0) is 26.5 Å². The van der Waals surface area contributed by atoms with Gasteiger partial charge in [-0.2, -0.15) is 0 Å². The molecule has 0 aliphatic heterocycles. The van der Waals surface area contributed by atoms with Crippen molar-refractivity contribution < 1.29 is 21.1 Å². The second-order valence-corrected chi connectivity index (χ2v) is 10.4. The fraction of sp³-hybridized carbons (Fsp3) is 0.114. The predicted octanol–water partition coefficient (Wildman–Crippen LogP) is 9.28. The van der Waals surface area contributed by atoms with Gasteiger partial charge in [-0.1, -0.05) is 124 Å². The molecule has 6 rings (SSSR count). The first-order valence-electron chi connectivity index (χ1n) is 13.5. The van der Waals surface area contributed by atoms with Crippen molar-refractivity contribution in [1.82, 2.24) is 20.2 Å². The Morgan fingerprint density at radius 1 is 0.643 bits per heavy atom. The van der Waals surface area contributed by atoms with Crippen molar-refractivity contribution in [3.05, 3.63) is 151 Å². The van der Waals surface area contributed by atoms with Gasteiger partial charge in [-0.25, -0.2) is 9.97 Å². The number of hydrogen-bond acceptors (Lipinski definition) is 4. The first-order valence-corrected chi connectivity index (χ1v) is 13.5. The smallest absolute Gasteiger partial charge is 0.658 e. The van der Waals surface area contributed by atoms with Gasteiger partial charge in [-0.15, -0.1) is 11.4 Å². The zero-order valence-electron chi connectivity index (χ0n) is 23.8. The quantitative estimate of drug-likeness (QED) is 0.171. The molecule has 6 aromatic rings. The van der Waals surface area contributed by atoms with E-state index < -0.39 is 0 Å². The monoisotopic (exact) mass is 731 g/mol. The molecule has 0 saturated carbocycles. The number of rotatable bonds is 6. The molecule has 0 aliphatic carbocycles. The molecule has 3 aromatic carbocycles. The van der Waals surface area contributed by atoms with Gasteiger partial charge in [0.2, 0.25) is 0 Å². The van der Waals surface area contributed by atoms with Crippen LogP contribution in [0.3, 0.4) is 0 Å². The minimum absolute atomic E-state index is 0. The minimum atomic E-state index is -0.0487. The van der Waals surface area contributed by atoms with Crippen LogP contribution in [0.2, 0.25) is 0 Å². The topological polar surface area (TPSA) is 70.1 Å². The number of anilines is 3. The molecular weight excluding hydrogens is 700 g/mol. The summed E-state index contributed by atoms with van der Waals surface area (Å²) >= 11 is 0. The normalized spacial score (nSPS) is 10.5. The minimum Gasteiger partial charge on any atom is -0.658 e. The SMILES string of the molecule is CC(C)(C)c1cc(-c2cccc(N(c3ccccc3)c3ccccn3)n2)[n-]n1.[Pt+2].c1ccc([N-]c2ccccc2)cc1. The third-order valence-electron chi connectivity index (χ3n) is 6.20. The number of nitrogens with zero attached hydrogens (tertiary/aromatic N) is 6. The maximum atomic E-state index is 4.87. The van der Waals surface area contributed by atoms with Crippen LogP contribution >= 0.6 is 0 Å². The molecule has 0 spiro atoms. The summed E-state index contributed by atoms with van der Waals surface area (Å²) in [5.74, 6) is 1.59. The van der Waals surface area contributed by atoms with E-state index in [9.17, 15) is 0 Å². The van der Waals surface area contributed by atoms with Crippen molar-refractivity contribution in [2.45, 2.75) is 26.2 Å². The van der Waals surface area contributed by atoms with Gasteiger partial charge in [0.1, 0.15) is 11.6 Å². The second-order valence-electron chi connectivity index (χ2n) is 10.4. The molecule has 7 heteroatoms. The fourth-order valence-corrected chi connectivity index (χ4v) is 4.08. The first-order chi connectivity index (χ1) is 20.0. The van der Waals surface area contributed by atoms with E-state index in [1.54, 1.807) is 6.20 Å². The molecule has 0 amide bonds. The van der Waals surface area contributed by atoms with E-state index >= 15 is 0 Å². The van der Waals surface area contributed by atoms with Gasteiger partial charge in [-0.3, -0.25) is 4.90 Å². The Morgan fingerprint density at radius 2 is 1.21 bits per heavy atom. The van der Waals surface area contributed by atoms with Crippen LogP contribution in [0.15, 0.2) is 140 Å². The molecule has 0 radical (unpaired) electrons. The Kier molecular flexibility index (Phi) is 10.4. The van der Waals surface area contributed by atoms with Crippen molar-refractivity contribution in [2.24, 2.45) is 0 Å². The van der Waals surface area contributed by atoms with Crippen LogP contribution in [-0.4, -0.2) is 15.1 Å². The maximum Gasteiger partial charge on any atom is 2.00 e. The van der Waals surface area contributed by atoms with E-state index in [0.29, 0.717) is 0 Å². The molecule has 212 valence electrons. The average Bonchev–Trinajstić information content (AvgIpc) is 3.52. The molecule has 0 unspecified atom stereocenters. The molecule has 3 heterocycles. The number of benzene rings is 3. The first kappa shape index (κ1) is 30.4. The Labute approximate surface area is 262 Å². The van der Waals surface area contributed by atoms with Crippen molar-refractivity contribution in [1.29, 1.82) is 0 Å². The largest absolute Gasteiger partial charge is 2.00 e. The molecule has 42 heavy (non-hydrogen) atoms. The second kappa shape index (κ2) is 14.4. The van der Waals surface area contributed by atoms with Crippen molar-refractivity contribution in [3.63, 3.8) is 0 Å². The number of aromatic nitrogens is 4. The molecule has 0 saturated heterocycles. The van der Waals surface area contributed by atoms with E-state index in [4.69, 9.17) is 4.98 Å². The zero-order chi connectivity index (χ0) is 28.5. The van der Waals surface area contributed by atoms with E-state index in [1.165, 1.54) is 0 Å². The molecule has 6 nitrogen and oxygen atoms in total. The Balaban J connectivity index is 0.000000243. The summed E-state index contributed by atoms with van der Waals surface area (Å²) in [6, 6.07) is 43.8. The third kappa shape index (κ3) is 8.02. The summed E-state index contributed by atoms with van der Waals surface area (Å²) in [5.41, 5.74) is 5.46. The fourth-order valence-electron chi connectivity index (χ4n) is 4.08. The summed E-state index contributed by atoms with van der Waals surface area (Å²) < 4.78 is 0. The number of para-hydroxylation sites is 3. The van der Waals surface area contributed by atoms with Crippen molar-refractivity contribution >= 4 is 28.7 Å². The van der Waals surface area contributed by atoms with E-state index in [0.717, 1.165) is 45.8 Å². The van der Waals surface area contributed by atoms with Gasteiger partial charge < -0.3 is 15.5 Å². The van der Waals surface area contributed by atoms with Crippen LogP contribution in [0.4, 0.5) is 28.7 Å². The van der Waals surface area contributed by atoms with E-state index in [-0.39, 0.29) is 26.5 Å². The molecule has 0 atom stereocenters. The summed E-state index contributed by atoms with van der Waals surface area (Å²) in [4.78, 5) is 11.4. The Hall–Kier alpha value is -4.54. The van der Waals surface area contributed by atoms with Gasteiger partial charge in [0.05, 0.1) is 5.69 Å². The molecule has 0 bridgehead atoms. The van der Waals surface area contributed by atoms with Crippen LogP contribution in [0.5, 0.6) is 0 Å². The molecule has 0 aliphatic rings. The average molecular weight is 732 g/mol. The predicted molar refractivity (Wildman–Crippen MR) is 168 cm³/mol. The summed E-state index contributed by atoms with van der Waals surface area (Å²) in [6.07, 6.45) is 1.79. The Morgan fingerprint density at radius 3 is 1.76 bits per heavy atom. The number of hydrogen-bond donors (Lipinski definition) is 0. The number of pyridine rings is 2. The van der Waals surface area contributed by atoms with Crippen LogP contribution < -0.4 is 10.00 Å². The Bertz CT molecular complexity index is 1560. The van der Waals surface area contributed by atoms with Gasteiger partial charge in [0, 0.05) is 23.0 Å². The van der Waals surface area contributed by atoms with Gasteiger partial charge in [-0.05, 0) is 36.4 Å². The summed E-state index contributed by atoms with van der Waals surface area (Å²) in [5, 5.41) is 13.1. The van der Waals surface area contributed by atoms with Crippen molar-refractivity contribution in [2.75, 3.05) is 4.90 Å². The van der Waals surface area contributed by atoms with Crippen molar-refractivity contribution in [3.8, 4) is 11.4 Å². The standard InChI is InChI=1S/C23H22N5.C12H10N.Pt/c1-23(2,3)20-16-19(26-27-20)18-12-9-14-22(25-18)28(17-10-5-4-6-11-17)21-13-7-8-15-24-21;1-3-7-11(8-4-1)13-12-9-5-2-6-10-12;/h4-16H,1-3H3;1-10H;/q2*-1;+2. The maximum absolute atomic E-state index is 4.87.